The van der Waals surface area contributed by atoms with Gasteiger partial charge in [0, 0.05) is 56.4 Å². The fraction of sp³-hybridized carbons (Fsp3) is 0.444. The van der Waals surface area contributed by atoms with Crippen molar-refractivity contribution in [2.45, 2.75) is 32.4 Å². The Morgan fingerprint density at radius 2 is 1.78 bits per heavy atom. The number of aryl methyl sites for hydroxylation is 1. The van der Waals surface area contributed by atoms with Gasteiger partial charge in [-0.05, 0) is 50.1 Å². The minimum Gasteiger partial charge on any atom is -0.494 e. The lowest BCUT2D eigenvalue weighted by molar-refractivity contribution is 0.0881. The van der Waals surface area contributed by atoms with Gasteiger partial charge >= 0.3 is 0 Å². The molecule has 5 nitrogen and oxygen atoms in total. The highest BCUT2D eigenvalue weighted by Gasteiger charge is 2.28. The Morgan fingerprint density at radius 3 is 2.59 bits per heavy atom. The van der Waals surface area contributed by atoms with Crippen molar-refractivity contribution in [1.82, 2.24) is 14.8 Å². The summed E-state index contributed by atoms with van der Waals surface area (Å²) in [6.45, 7) is 9.96. The van der Waals surface area contributed by atoms with Crippen LogP contribution in [0.25, 0.3) is 10.9 Å². The second kappa shape index (κ2) is 9.47. The zero-order chi connectivity index (χ0) is 21.9. The zero-order valence-electron chi connectivity index (χ0n) is 19.3. The van der Waals surface area contributed by atoms with Crippen molar-refractivity contribution in [3.8, 4) is 5.75 Å². The van der Waals surface area contributed by atoms with Gasteiger partial charge in [-0.25, -0.2) is 4.98 Å². The second-order valence-electron chi connectivity index (χ2n) is 9.18. The van der Waals surface area contributed by atoms with Gasteiger partial charge < -0.3 is 9.64 Å². The van der Waals surface area contributed by atoms with Crippen molar-refractivity contribution in [1.29, 1.82) is 0 Å². The number of piperidine rings is 1. The fourth-order valence-electron chi connectivity index (χ4n) is 5.36. The Labute approximate surface area is 191 Å². The van der Waals surface area contributed by atoms with Crippen molar-refractivity contribution in [2.24, 2.45) is 0 Å². The van der Waals surface area contributed by atoms with Gasteiger partial charge in [0.1, 0.15) is 11.3 Å². The summed E-state index contributed by atoms with van der Waals surface area (Å²) in [5.74, 6) is 0.854. The molecule has 1 aromatic heterocycles. The van der Waals surface area contributed by atoms with Gasteiger partial charge in [0.05, 0.1) is 12.8 Å². The van der Waals surface area contributed by atoms with Gasteiger partial charge in [0.2, 0.25) is 0 Å². The van der Waals surface area contributed by atoms with Crippen LogP contribution in [-0.2, 0) is 6.54 Å². The lowest BCUT2D eigenvalue weighted by Gasteiger charge is -2.44. The molecule has 0 saturated carbocycles. The first-order chi connectivity index (χ1) is 15.7. The number of aromatic nitrogens is 1. The molecule has 3 heterocycles. The smallest absolute Gasteiger partial charge is 0.145 e. The van der Waals surface area contributed by atoms with Crippen LogP contribution in [0.2, 0.25) is 0 Å². The van der Waals surface area contributed by atoms with Crippen LogP contribution in [0, 0.1) is 6.92 Å². The third-order valence-electron chi connectivity index (χ3n) is 7.11. The lowest BCUT2D eigenvalue weighted by Crippen LogP contribution is -2.55. The molecule has 0 radical (unpaired) electrons. The lowest BCUT2D eigenvalue weighted by atomic mass is 10.0. The fourth-order valence-corrected chi connectivity index (χ4v) is 5.36. The number of ether oxygens (including phenoxy) is 1. The number of rotatable bonds is 5. The van der Waals surface area contributed by atoms with Crippen LogP contribution >= 0.6 is 0 Å². The summed E-state index contributed by atoms with van der Waals surface area (Å²) in [6.07, 6.45) is 2.57. The molecular formula is C27H34N4O. The molecule has 0 bridgehead atoms. The van der Waals surface area contributed by atoms with Gasteiger partial charge in [0.25, 0.3) is 0 Å². The molecule has 0 N–H and O–H groups in total. The largest absolute Gasteiger partial charge is 0.494 e. The van der Waals surface area contributed by atoms with E-state index in [1.807, 2.05) is 12.1 Å². The number of likely N-dealkylation sites (tertiary alicyclic amines) is 1. The molecule has 2 saturated heterocycles. The Balaban J connectivity index is 1.21. The highest BCUT2D eigenvalue weighted by Crippen LogP contribution is 2.26. The van der Waals surface area contributed by atoms with E-state index in [-0.39, 0.29) is 0 Å². The first-order valence-corrected chi connectivity index (χ1v) is 11.9. The predicted octanol–water partition coefficient (Wildman–Crippen LogP) is 4.34. The summed E-state index contributed by atoms with van der Waals surface area (Å²) in [6, 6.07) is 19.9. The van der Waals surface area contributed by atoms with Crippen molar-refractivity contribution in [2.75, 3.05) is 51.3 Å². The molecule has 2 aliphatic heterocycles. The van der Waals surface area contributed by atoms with E-state index in [0.717, 1.165) is 68.2 Å². The summed E-state index contributed by atoms with van der Waals surface area (Å²) in [5.41, 5.74) is 4.87. The molecule has 3 aromatic rings. The summed E-state index contributed by atoms with van der Waals surface area (Å²) in [5, 5.41) is 1.14. The van der Waals surface area contributed by atoms with Gasteiger partial charge in [0.15, 0.2) is 0 Å². The number of para-hydroxylation sites is 2. The van der Waals surface area contributed by atoms with Crippen molar-refractivity contribution < 1.29 is 4.74 Å². The average Bonchev–Trinajstić information content (AvgIpc) is 2.84. The van der Waals surface area contributed by atoms with Crippen LogP contribution in [0.4, 0.5) is 5.69 Å². The number of hydrogen-bond acceptors (Lipinski definition) is 5. The number of fused-ring (bicyclic) bond motifs is 1. The van der Waals surface area contributed by atoms with E-state index in [1.54, 1.807) is 7.11 Å². The first-order valence-electron chi connectivity index (χ1n) is 11.9. The number of hydrogen-bond donors (Lipinski definition) is 0. The minimum atomic E-state index is 0.651. The van der Waals surface area contributed by atoms with E-state index in [0.29, 0.717) is 6.04 Å². The average molecular weight is 431 g/mol. The SMILES string of the molecule is COc1cccc2ccc(CN3CCCC(N4CCN(c5ccccc5C)CC4)C3)nc12. The zero-order valence-corrected chi connectivity index (χ0v) is 19.3. The quantitative estimate of drug-likeness (QED) is 0.601. The maximum absolute atomic E-state index is 5.53. The molecule has 0 aliphatic carbocycles. The van der Waals surface area contributed by atoms with E-state index in [2.05, 4.69) is 64.1 Å². The Kier molecular flexibility index (Phi) is 6.28. The van der Waals surface area contributed by atoms with Crippen LogP contribution in [0.1, 0.15) is 24.1 Å². The van der Waals surface area contributed by atoms with Crippen molar-refractivity contribution in [3.05, 3.63) is 65.9 Å². The molecule has 2 aromatic carbocycles. The van der Waals surface area contributed by atoms with Crippen LogP contribution < -0.4 is 9.64 Å². The van der Waals surface area contributed by atoms with Crippen molar-refractivity contribution >= 4 is 16.6 Å². The Morgan fingerprint density at radius 1 is 0.938 bits per heavy atom. The summed E-state index contributed by atoms with van der Waals surface area (Å²) in [7, 11) is 1.72. The molecule has 32 heavy (non-hydrogen) atoms. The molecule has 2 aliphatic rings. The molecule has 5 rings (SSSR count). The molecule has 2 fully saturated rings. The molecule has 1 atom stereocenters. The van der Waals surface area contributed by atoms with Gasteiger partial charge in [-0.2, -0.15) is 0 Å². The van der Waals surface area contributed by atoms with E-state index >= 15 is 0 Å². The van der Waals surface area contributed by atoms with Crippen LogP contribution in [0.15, 0.2) is 54.6 Å². The van der Waals surface area contributed by atoms with E-state index in [9.17, 15) is 0 Å². The van der Waals surface area contributed by atoms with E-state index in [4.69, 9.17) is 9.72 Å². The highest BCUT2D eigenvalue weighted by atomic mass is 16.5. The number of anilines is 1. The third kappa shape index (κ3) is 4.45. The van der Waals surface area contributed by atoms with Crippen molar-refractivity contribution in [3.63, 3.8) is 0 Å². The van der Waals surface area contributed by atoms with Gasteiger partial charge in [-0.3, -0.25) is 9.80 Å². The third-order valence-corrected chi connectivity index (χ3v) is 7.11. The molecule has 0 amide bonds. The number of benzene rings is 2. The molecule has 168 valence electrons. The van der Waals surface area contributed by atoms with Crippen LogP contribution in [-0.4, -0.2) is 67.2 Å². The van der Waals surface area contributed by atoms with Gasteiger partial charge in [-0.1, -0.05) is 36.4 Å². The number of methoxy groups -OCH3 is 1. The number of pyridine rings is 1. The molecule has 5 heteroatoms. The van der Waals surface area contributed by atoms with Gasteiger partial charge in [-0.15, -0.1) is 0 Å². The molecule has 1 unspecified atom stereocenters. The Bertz CT molecular complexity index is 1060. The minimum absolute atomic E-state index is 0.651. The summed E-state index contributed by atoms with van der Waals surface area (Å²) >= 11 is 0. The van der Waals surface area contributed by atoms with E-state index < -0.39 is 0 Å². The highest BCUT2D eigenvalue weighted by molar-refractivity contribution is 5.84. The molecular weight excluding hydrogens is 396 g/mol. The van der Waals surface area contributed by atoms with E-state index in [1.165, 1.54) is 24.1 Å². The number of nitrogens with zero attached hydrogens (tertiary/aromatic N) is 4. The Hall–Kier alpha value is -2.63. The topological polar surface area (TPSA) is 31.8 Å². The maximum atomic E-state index is 5.53. The number of piperazine rings is 1. The monoisotopic (exact) mass is 430 g/mol. The summed E-state index contributed by atoms with van der Waals surface area (Å²) in [4.78, 5) is 12.8. The molecule has 0 spiro atoms. The van der Waals surface area contributed by atoms with Crippen LogP contribution in [0.3, 0.4) is 0 Å². The second-order valence-corrected chi connectivity index (χ2v) is 9.18. The summed E-state index contributed by atoms with van der Waals surface area (Å²) < 4.78 is 5.53. The normalized spacial score (nSPS) is 20.6. The van der Waals surface area contributed by atoms with Crippen LogP contribution in [0.5, 0.6) is 5.75 Å². The standard InChI is InChI=1S/C27H34N4O/c1-21-7-3-4-10-25(21)31-17-15-30(16-18-31)24-9-6-14-29(20-24)19-23-13-12-22-8-5-11-26(32-2)27(22)28-23/h3-5,7-8,10-13,24H,6,9,14-20H2,1-2H3. The predicted molar refractivity (Wildman–Crippen MR) is 132 cm³/mol. The first kappa shape index (κ1) is 21.2. The maximum Gasteiger partial charge on any atom is 0.145 e.